The van der Waals surface area contributed by atoms with E-state index in [2.05, 4.69) is 89.7 Å². The Balaban J connectivity index is 1.44. The normalized spacial score (nSPS) is 17.3. The number of benzene rings is 2. The van der Waals surface area contributed by atoms with E-state index in [9.17, 15) is 0 Å². The Morgan fingerprint density at radius 1 is 0.975 bits per heavy atom. The molecule has 8 heteroatoms. The second-order valence-corrected chi connectivity index (χ2v) is 10.5. The van der Waals surface area contributed by atoms with Crippen molar-refractivity contribution in [3.05, 3.63) is 83.9 Å². The Labute approximate surface area is 237 Å². The standard InChI is InChI=1S/C32H42N6O2/c1-4-25(5-2)33-19-18-28-36-31(30-32(37-28)38(22-35-30)29-17-16-26(40-29)21-39-3)34-20-27(23-12-8-6-9-13-23)24-14-10-7-11-15-24/h6-15,22,25-27,29,33H,4-5,16-21H2,1-3H3,(H,34,36,37). The third-order valence-electron chi connectivity index (χ3n) is 7.86. The Morgan fingerprint density at radius 2 is 1.68 bits per heavy atom. The molecule has 1 aliphatic heterocycles. The van der Waals surface area contributed by atoms with E-state index < -0.39 is 0 Å². The minimum Gasteiger partial charge on any atom is -0.382 e. The fourth-order valence-electron chi connectivity index (χ4n) is 5.57. The lowest BCUT2D eigenvalue weighted by Gasteiger charge is -2.20. The van der Waals surface area contributed by atoms with Gasteiger partial charge in [0.15, 0.2) is 17.0 Å². The van der Waals surface area contributed by atoms with Gasteiger partial charge in [-0.2, -0.15) is 0 Å². The predicted octanol–water partition coefficient (Wildman–Crippen LogP) is 5.72. The minimum atomic E-state index is -0.107. The zero-order valence-corrected chi connectivity index (χ0v) is 23.9. The third kappa shape index (κ3) is 6.69. The van der Waals surface area contributed by atoms with Crippen molar-refractivity contribution in [2.45, 2.75) is 70.2 Å². The molecule has 5 rings (SSSR count). The largest absolute Gasteiger partial charge is 0.382 e. The average molecular weight is 543 g/mol. The van der Waals surface area contributed by atoms with Crippen molar-refractivity contribution >= 4 is 17.0 Å². The first-order valence-corrected chi connectivity index (χ1v) is 14.6. The van der Waals surface area contributed by atoms with Crippen molar-refractivity contribution < 1.29 is 9.47 Å². The van der Waals surface area contributed by atoms with Crippen LogP contribution in [-0.4, -0.2) is 58.5 Å². The van der Waals surface area contributed by atoms with Gasteiger partial charge in [0.05, 0.1) is 19.0 Å². The van der Waals surface area contributed by atoms with E-state index in [1.165, 1.54) is 11.1 Å². The quantitative estimate of drug-likeness (QED) is 0.211. The molecule has 0 bridgehead atoms. The van der Waals surface area contributed by atoms with Gasteiger partial charge in [-0.15, -0.1) is 0 Å². The van der Waals surface area contributed by atoms with Gasteiger partial charge >= 0.3 is 0 Å². The lowest BCUT2D eigenvalue weighted by molar-refractivity contribution is -0.0300. The minimum absolute atomic E-state index is 0.0908. The molecule has 2 atom stereocenters. The first kappa shape index (κ1) is 28.2. The Morgan fingerprint density at radius 3 is 2.33 bits per heavy atom. The van der Waals surface area contributed by atoms with Crippen LogP contribution in [0.4, 0.5) is 5.82 Å². The van der Waals surface area contributed by atoms with Crippen molar-refractivity contribution in [1.29, 1.82) is 0 Å². The second kappa shape index (κ2) is 13.8. The fraction of sp³-hybridized carbons (Fsp3) is 0.469. The molecule has 0 saturated carbocycles. The summed E-state index contributed by atoms with van der Waals surface area (Å²) in [6.07, 6.45) is 6.65. The van der Waals surface area contributed by atoms with E-state index in [1.54, 1.807) is 7.11 Å². The van der Waals surface area contributed by atoms with E-state index in [1.807, 2.05) is 6.33 Å². The van der Waals surface area contributed by atoms with E-state index >= 15 is 0 Å². The molecule has 3 heterocycles. The zero-order valence-electron chi connectivity index (χ0n) is 23.9. The highest BCUT2D eigenvalue weighted by Crippen LogP contribution is 2.32. The molecule has 2 aromatic heterocycles. The summed E-state index contributed by atoms with van der Waals surface area (Å²) in [5, 5.41) is 7.32. The highest BCUT2D eigenvalue weighted by atomic mass is 16.5. The fourth-order valence-corrected chi connectivity index (χ4v) is 5.57. The second-order valence-electron chi connectivity index (χ2n) is 10.5. The van der Waals surface area contributed by atoms with Gasteiger partial charge in [-0.05, 0) is 36.8 Å². The average Bonchev–Trinajstić information content (AvgIpc) is 3.64. The molecule has 8 nitrogen and oxygen atoms in total. The number of rotatable bonds is 14. The number of aromatic nitrogens is 4. The number of hydrogen-bond donors (Lipinski definition) is 2. The van der Waals surface area contributed by atoms with Crippen LogP contribution in [0.25, 0.3) is 11.2 Å². The van der Waals surface area contributed by atoms with Gasteiger partial charge in [0, 0.05) is 38.6 Å². The molecule has 0 aliphatic carbocycles. The van der Waals surface area contributed by atoms with Crippen molar-refractivity contribution in [3.8, 4) is 0 Å². The smallest absolute Gasteiger partial charge is 0.167 e. The van der Waals surface area contributed by atoms with Crippen LogP contribution in [0, 0.1) is 0 Å². The van der Waals surface area contributed by atoms with Crippen LogP contribution in [0.2, 0.25) is 0 Å². The molecule has 212 valence electrons. The molecule has 4 aromatic rings. The van der Waals surface area contributed by atoms with Crippen LogP contribution in [-0.2, 0) is 15.9 Å². The molecule has 2 unspecified atom stereocenters. The Kier molecular flexibility index (Phi) is 9.76. The van der Waals surface area contributed by atoms with Gasteiger partial charge in [0.2, 0.25) is 0 Å². The monoisotopic (exact) mass is 542 g/mol. The Hall–Kier alpha value is -3.33. The molecule has 1 saturated heterocycles. The first-order chi connectivity index (χ1) is 19.7. The molecule has 1 aliphatic rings. The van der Waals surface area contributed by atoms with Crippen molar-refractivity contribution in [2.24, 2.45) is 0 Å². The summed E-state index contributed by atoms with van der Waals surface area (Å²) in [6.45, 7) is 6.56. The lowest BCUT2D eigenvalue weighted by atomic mass is 9.91. The molecule has 0 spiro atoms. The summed E-state index contributed by atoms with van der Waals surface area (Å²) in [7, 11) is 1.72. The maximum absolute atomic E-state index is 6.29. The first-order valence-electron chi connectivity index (χ1n) is 14.6. The van der Waals surface area contributed by atoms with E-state index in [0.717, 1.165) is 61.5 Å². The predicted molar refractivity (Wildman–Crippen MR) is 160 cm³/mol. The van der Waals surface area contributed by atoms with Gasteiger partial charge in [0.25, 0.3) is 0 Å². The van der Waals surface area contributed by atoms with Gasteiger partial charge in [-0.25, -0.2) is 15.0 Å². The SMILES string of the molecule is CCC(CC)NCCc1nc(NCC(c2ccccc2)c2ccccc2)c2ncn(C3CCC(COC)O3)c2n1. The van der Waals surface area contributed by atoms with Gasteiger partial charge in [0.1, 0.15) is 12.1 Å². The number of anilines is 1. The van der Waals surface area contributed by atoms with E-state index in [0.29, 0.717) is 19.2 Å². The number of ether oxygens (including phenoxy) is 2. The van der Waals surface area contributed by atoms with E-state index in [4.69, 9.17) is 24.4 Å². The maximum Gasteiger partial charge on any atom is 0.167 e. The van der Waals surface area contributed by atoms with Crippen LogP contribution >= 0.6 is 0 Å². The lowest BCUT2D eigenvalue weighted by Crippen LogP contribution is -2.30. The Bertz CT molecular complexity index is 1290. The third-order valence-corrected chi connectivity index (χ3v) is 7.86. The molecule has 0 radical (unpaired) electrons. The molecular formula is C32H42N6O2. The number of nitrogens with zero attached hydrogens (tertiary/aromatic N) is 4. The summed E-state index contributed by atoms with van der Waals surface area (Å²) < 4.78 is 13.7. The number of hydrogen-bond acceptors (Lipinski definition) is 7. The summed E-state index contributed by atoms with van der Waals surface area (Å²) in [4.78, 5) is 14.8. The number of nitrogens with one attached hydrogen (secondary N) is 2. The molecule has 2 N–H and O–H groups in total. The van der Waals surface area contributed by atoms with Crippen LogP contribution in [0.1, 0.15) is 68.6 Å². The molecule has 1 fully saturated rings. The van der Waals surface area contributed by atoms with Gasteiger partial charge in [-0.3, -0.25) is 4.57 Å². The van der Waals surface area contributed by atoms with Crippen molar-refractivity contribution in [1.82, 2.24) is 24.8 Å². The van der Waals surface area contributed by atoms with E-state index in [-0.39, 0.29) is 18.2 Å². The van der Waals surface area contributed by atoms with Gasteiger partial charge < -0.3 is 20.1 Å². The summed E-state index contributed by atoms with van der Waals surface area (Å²) in [5.41, 5.74) is 4.11. The van der Waals surface area contributed by atoms with Crippen LogP contribution < -0.4 is 10.6 Å². The summed E-state index contributed by atoms with van der Waals surface area (Å²) in [6, 6.07) is 21.8. The number of methoxy groups -OCH3 is 1. The highest BCUT2D eigenvalue weighted by molar-refractivity contribution is 5.83. The van der Waals surface area contributed by atoms with Crippen LogP contribution in [0.5, 0.6) is 0 Å². The number of imidazole rings is 1. The number of fused-ring (bicyclic) bond motifs is 1. The topological polar surface area (TPSA) is 86.1 Å². The zero-order chi connectivity index (χ0) is 27.7. The maximum atomic E-state index is 6.29. The molecular weight excluding hydrogens is 500 g/mol. The summed E-state index contributed by atoms with van der Waals surface area (Å²) >= 11 is 0. The molecule has 40 heavy (non-hydrogen) atoms. The molecule has 2 aromatic carbocycles. The highest BCUT2D eigenvalue weighted by Gasteiger charge is 2.29. The van der Waals surface area contributed by atoms with Crippen LogP contribution in [0.15, 0.2) is 67.0 Å². The molecule has 0 amide bonds. The van der Waals surface area contributed by atoms with Crippen LogP contribution in [0.3, 0.4) is 0 Å². The van der Waals surface area contributed by atoms with Crippen molar-refractivity contribution in [2.75, 3.05) is 32.1 Å². The summed E-state index contributed by atoms with van der Waals surface area (Å²) in [5.74, 6) is 1.74. The van der Waals surface area contributed by atoms with Gasteiger partial charge in [-0.1, -0.05) is 74.5 Å². The van der Waals surface area contributed by atoms with Crippen molar-refractivity contribution in [3.63, 3.8) is 0 Å².